The van der Waals surface area contributed by atoms with Gasteiger partial charge < -0.3 is 14.4 Å². The lowest BCUT2D eigenvalue weighted by molar-refractivity contribution is -0.138. The van der Waals surface area contributed by atoms with Crippen LogP contribution in [0.15, 0.2) is 71.4 Å². The molecule has 2 N–H and O–H groups in total. The van der Waals surface area contributed by atoms with E-state index in [2.05, 4.69) is 45.7 Å². The molecule has 0 saturated carbocycles. The van der Waals surface area contributed by atoms with E-state index in [9.17, 15) is 13.2 Å². The number of nitrogens with zero attached hydrogens (tertiary/aromatic N) is 2. The summed E-state index contributed by atoms with van der Waals surface area (Å²) in [6.45, 7) is 2.87. The molecule has 0 amide bonds. The van der Waals surface area contributed by atoms with Gasteiger partial charge in [-0.05, 0) is 79.4 Å². The smallest absolute Gasteiger partial charge is 0.321 e. The van der Waals surface area contributed by atoms with Crippen LogP contribution in [-0.4, -0.2) is 56.0 Å². The van der Waals surface area contributed by atoms with Crippen LogP contribution in [0, 0.1) is 11.8 Å². The highest BCUT2D eigenvalue weighted by molar-refractivity contribution is 7.87. The first kappa shape index (κ1) is 25.8. The van der Waals surface area contributed by atoms with Gasteiger partial charge in [-0.25, -0.2) is 0 Å². The van der Waals surface area contributed by atoms with Gasteiger partial charge in [-0.1, -0.05) is 24.0 Å². The molecule has 1 aromatic heterocycles. The molecule has 1 aliphatic carbocycles. The minimum Gasteiger partial charge on any atom is -0.480 e. The summed E-state index contributed by atoms with van der Waals surface area (Å²) >= 11 is 0. The van der Waals surface area contributed by atoms with E-state index in [1.54, 1.807) is 6.26 Å². The molecule has 2 aliphatic rings. The molecule has 2 aromatic carbocycles. The summed E-state index contributed by atoms with van der Waals surface area (Å²) in [5.41, 5.74) is 6.40. The number of aliphatic carboxylic acids is 1. The number of rotatable bonds is 6. The number of fused-ring (bicyclic) bond motifs is 1. The fraction of sp³-hybridized carbons (Fsp3) is 0.276. The van der Waals surface area contributed by atoms with Crippen molar-refractivity contribution in [2.24, 2.45) is 0 Å². The van der Waals surface area contributed by atoms with Gasteiger partial charge in [0, 0.05) is 48.6 Å². The number of carbonyl (C=O) groups is 1. The zero-order valence-corrected chi connectivity index (χ0v) is 21.9. The molecular weight excluding hydrogens is 502 g/mol. The lowest BCUT2D eigenvalue weighted by atomic mass is 9.88. The van der Waals surface area contributed by atoms with Gasteiger partial charge in [-0.3, -0.25) is 4.79 Å². The minimum absolute atomic E-state index is 0.274. The van der Waals surface area contributed by atoms with Gasteiger partial charge in [0.05, 0.1) is 6.26 Å². The monoisotopic (exact) mass is 531 g/mol. The van der Waals surface area contributed by atoms with Crippen LogP contribution in [0.3, 0.4) is 0 Å². The Labute approximate surface area is 222 Å². The molecule has 5 rings (SSSR count). The maximum atomic E-state index is 12.4. The highest BCUT2D eigenvalue weighted by atomic mass is 32.2. The molecule has 1 atom stereocenters. The maximum absolute atomic E-state index is 12.4. The Hall–Kier alpha value is -3.84. The second kappa shape index (κ2) is 10.9. The number of anilines is 1. The quantitative estimate of drug-likeness (QED) is 0.472. The van der Waals surface area contributed by atoms with E-state index >= 15 is 0 Å². The Balaban J connectivity index is 1.23. The highest BCUT2D eigenvalue weighted by Gasteiger charge is 2.29. The molecule has 3 aromatic rings. The second-order valence-electron chi connectivity index (χ2n) is 9.37. The third-order valence-electron chi connectivity index (χ3n) is 6.81. The first-order valence-corrected chi connectivity index (χ1v) is 14.0. The SMILES string of the molecule is C[C@@H](NS(=O)(=O)N1CCN(c2ccc(C#Cc3ccc4c(c3)C(c3ccco3)=CCC4)cc2)CC1)C(=O)O. The number of hydrogen-bond donors (Lipinski definition) is 2. The summed E-state index contributed by atoms with van der Waals surface area (Å²) in [5.74, 6) is 6.19. The zero-order valence-electron chi connectivity index (χ0n) is 21.1. The van der Waals surface area contributed by atoms with Crippen molar-refractivity contribution in [1.82, 2.24) is 9.03 Å². The van der Waals surface area contributed by atoms with Crippen LogP contribution in [0.1, 0.15) is 41.4 Å². The number of nitrogens with one attached hydrogen (secondary N) is 1. The number of allylic oxidation sites excluding steroid dienone is 1. The summed E-state index contributed by atoms with van der Waals surface area (Å²) in [4.78, 5) is 13.1. The first-order valence-electron chi connectivity index (χ1n) is 12.5. The molecule has 1 saturated heterocycles. The fourth-order valence-corrected chi connectivity index (χ4v) is 6.05. The van der Waals surface area contributed by atoms with Crippen molar-refractivity contribution in [3.63, 3.8) is 0 Å². The van der Waals surface area contributed by atoms with E-state index in [4.69, 9.17) is 9.52 Å². The summed E-state index contributed by atoms with van der Waals surface area (Å²) in [7, 11) is -3.85. The lowest BCUT2D eigenvalue weighted by Gasteiger charge is -2.35. The molecule has 2 heterocycles. The number of carboxylic acid groups (broad SMARTS) is 1. The Morgan fingerprint density at radius 3 is 2.42 bits per heavy atom. The van der Waals surface area contributed by atoms with Gasteiger partial charge in [0.15, 0.2) is 0 Å². The summed E-state index contributed by atoms with van der Waals surface area (Å²) in [6, 6.07) is 17.0. The van der Waals surface area contributed by atoms with Gasteiger partial charge in [0.2, 0.25) is 0 Å². The Morgan fingerprint density at radius 2 is 1.74 bits per heavy atom. The van der Waals surface area contributed by atoms with E-state index < -0.39 is 22.2 Å². The van der Waals surface area contributed by atoms with Crippen LogP contribution in [-0.2, 0) is 21.4 Å². The Kier molecular flexibility index (Phi) is 7.38. The van der Waals surface area contributed by atoms with Crippen LogP contribution in [0.2, 0.25) is 0 Å². The molecule has 0 radical (unpaired) electrons. The summed E-state index contributed by atoms with van der Waals surface area (Å²) in [5, 5.41) is 8.98. The molecule has 196 valence electrons. The van der Waals surface area contributed by atoms with E-state index in [0.717, 1.165) is 41.0 Å². The van der Waals surface area contributed by atoms with Gasteiger partial charge >= 0.3 is 5.97 Å². The normalized spacial score (nSPS) is 16.7. The molecule has 0 unspecified atom stereocenters. The van der Waals surface area contributed by atoms with E-state index in [0.29, 0.717) is 13.1 Å². The molecule has 1 aliphatic heterocycles. The Bertz CT molecular complexity index is 1510. The maximum Gasteiger partial charge on any atom is 0.321 e. The fourth-order valence-electron chi connectivity index (χ4n) is 4.70. The number of hydrogen-bond acceptors (Lipinski definition) is 5. The molecule has 9 heteroatoms. The molecule has 8 nitrogen and oxygen atoms in total. The predicted molar refractivity (Wildman–Crippen MR) is 146 cm³/mol. The molecule has 1 fully saturated rings. The lowest BCUT2D eigenvalue weighted by Crippen LogP contribution is -2.54. The summed E-state index contributed by atoms with van der Waals surface area (Å²) in [6.07, 6.45) is 5.91. The number of furan rings is 1. The molecule has 38 heavy (non-hydrogen) atoms. The standard InChI is InChI=1S/C29H29N3O5S/c1-21(29(33)34)30-38(35,36)32-17-15-31(16-18-32)25-13-10-22(11-14-25)7-8-23-9-12-24-4-2-5-26(27(24)20-23)28-6-3-19-37-28/h3,5-6,9-14,19-21,30H,2,4,15-18H2,1H3,(H,33,34)/t21-/m1/s1. The average Bonchev–Trinajstić information content (AvgIpc) is 3.46. The molecule has 0 spiro atoms. The van der Waals surface area contributed by atoms with Crippen LogP contribution in [0.5, 0.6) is 0 Å². The van der Waals surface area contributed by atoms with Crippen LogP contribution in [0.4, 0.5) is 5.69 Å². The van der Waals surface area contributed by atoms with Crippen LogP contribution >= 0.6 is 0 Å². The largest absolute Gasteiger partial charge is 0.480 e. The van der Waals surface area contributed by atoms with Gasteiger partial charge in [0.1, 0.15) is 11.8 Å². The van der Waals surface area contributed by atoms with Crippen molar-refractivity contribution >= 4 is 27.4 Å². The summed E-state index contributed by atoms with van der Waals surface area (Å²) < 4.78 is 34.0. The van der Waals surface area contributed by atoms with Crippen LogP contribution < -0.4 is 9.62 Å². The predicted octanol–water partition coefficient (Wildman–Crippen LogP) is 3.49. The van der Waals surface area contributed by atoms with Gasteiger partial charge in [-0.2, -0.15) is 17.4 Å². The first-order chi connectivity index (χ1) is 18.3. The van der Waals surface area contributed by atoms with Crippen molar-refractivity contribution in [2.75, 3.05) is 31.1 Å². The van der Waals surface area contributed by atoms with Gasteiger partial charge in [-0.15, -0.1) is 0 Å². The molecular formula is C29H29N3O5S. The number of piperazine rings is 1. The minimum atomic E-state index is -3.85. The topological polar surface area (TPSA) is 103 Å². The van der Waals surface area contributed by atoms with E-state index in [1.165, 1.54) is 22.4 Å². The van der Waals surface area contributed by atoms with E-state index in [-0.39, 0.29) is 13.1 Å². The zero-order chi connectivity index (χ0) is 26.7. The molecule has 0 bridgehead atoms. The van der Waals surface area contributed by atoms with Gasteiger partial charge in [0.25, 0.3) is 10.2 Å². The van der Waals surface area contributed by atoms with E-state index in [1.807, 2.05) is 36.4 Å². The van der Waals surface area contributed by atoms with Crippen molar-refractivity contribution in [2.45, 2.75) is 25.8 Å². The van der Waals surface area contributed by atoms with Crippen molar-refractivity contribution in [3.05, 3.63) is 95.0 Å². The second-order valence-corrected chi connectivity index (χ2v) is 11.1. The highest BCUT2D eigenvalue weighted by Crippen LogP contribution is 2.32. The number of benzene rings is 2. The van der Waals surface area contributed by atoms with Crippen molar-refractivity contribution < 1.29 is 22.7 Å². The third-order valence-corrected chi connectivity index (χ3v) is 8.50. The van der Waals surface area contributed by atoms with Crippen molar-refractivity contribution in [3.8, 4) is 11.8 Å². The van der Waals surface area contributed by atoms with Crippen molar-refractivity contribution in [1.29, 1.82) is 0 Å². The van der Waals surface area contributed by atoms with Crippen LogP contribution in [0.25, 0.3) is 5.57 Å². The number of aryl methyl sites for hydroxylation is 1. The Morgan fingerprint density at radius 1 is 1.03 bits per heavy atom. The third kappa shape index (κ3) is 5.68. The average molecular weight is 532 g/mol. The number of carboxylic acids is 1.